The molecule has 0 aromatic heterocycles. The van der Waals surface area contributed by atoms with Gasteiger partial charge in [-0.15, -0.1) is 0 Å². The normalized spacial score (nSPS) is 16.8. The van der Waals surface area contributed by atoms with Gasteiger partial charge in [-0.25, -0.2) is 0 Å². The summed E-state index contributed by atoms with van der Waals surface area (Å²) in [5.74, 6) is 0. The van der Waals surface area contributed by atoms with Crippen molar-refractivity contribution in [2.24, 2.45) is 5.41 Å². The molecule has 0 unspecified atom stereocenters. The molecule has 0 atom stereocenters. The van der Waals surface area contributed by atoms with Gasteiger partial charge in [-0.3, -0.25) is 0 Å². The first-order valence-corrected chi connectivity index (χ1v) is 8.04. The predicted octanol–water partition coefficient (Wildman–Crippen LogP) is 3.67. The minimum atomic E-state index is 0.472. The van der Waals surface area contributed by atoms with Crippen molar-refractivity contribution in [3.05, 3.63) is 0 Å². The van der Waals surface area contributed by atoms with Crippen LogP contribution in [0.2, 0.25) is 0 Å². The van der Waals surface area contributed by atoms with Gasteiger partial charge in [0.15, 0.2) is 0 Å². The Morgan fingerprint density at radius 2 is 1.67 bits per heavy atom. The number of rotatable bonds is 10. The lowest BCUT2D eigenvalue weighted by Gasteiger charge is -2.39. The molecule has 1 aliphatic rings. The number of hydrogen-bond acceptors (Lipinski definition) is 2. The van der Waals surface area contributed by atoms with Crippen LogP contribution in [0.25, 0.3) is 0 Å². The maximum Gasteiger partial charge on any atom is 0.00872 e. The van der Waals surface area contributed by atoms with Crippen LogP contribution in [0.3, 0.4) is 0 Å². The zero-order valence-electron chi connectivity index (χ0n) is 13.3. The maximum absolute atomic E-state index is 3.75. The lowest BCUT2D eigenvalue weighted by atomic mass is 9.81. The van der Waals surface area contributed by atoms with Crippen LogP contribution in [0.5, 0.6) is 0 Å². The van der Waals surface area contributed by atoms with E-state index in [4.69, 9.17) is 0 Å². The average Bonchev–Trinajstić information content (AvgIpc) is 3.20. The first-order chi connectivity index (χ1) is 8.60. The molecule has 18 heavy (non-hydrogen) atoms. The van der Waals surface area contributed by atoms with Gasteiger partial charge >= 0.3 is 0 Å². The van der Waals surface area contributed by atoms with E-state index in [0.717, 1.165) is 12.1 Å². The Morgan fingerprint density at radius 3 is 2.06 bits per heavy atom. The quantitative estimate of drug-likeness (QED) is 0.640. The second kappa shape index (κ2) is 7.49. The van der Waals surface area contributed by atoms with Crippen molar-refractivity contribution in [1.82, 2.24) is 10.2 Å². The molecular formula is C16H34N2. The molecule has 0 bridgehead atoms. The van der Waals surface area contributed by atoms with Gasteiger partial charge in [0.2, 0.25) is 0 Å². The molecular weight excluding hydrogens is 220 g/mol. The average molecular weight is 254 g/mol. The van der Waals surface area contributed by atoms with Gasteiger partial charge in [0.25, 0.3) is 0 Å². The first kappa shape index (κ1) is 16.0. The van der Waals surface area contributed by atoms with Gasteiger partial charge < -0.3 is 10.2 Å². The zero-order valence-corrected chi connectivity index (χ0v) is 13.3. The third-order valence-electron chi connectivity index (χ3n) is 4.99. The Balaban J connectivity index is 2.52. The van der Waals surface area contributed by atoms with E-state index in [0.29, 0.717) is 5.41 Å². The topological polar surface area (TPSA) is 15.3 Å². The van der Waals surface area contributed by atoms with E-state index >= 15 is 0 Å². The van der Waals surface area contributed by atoms with Gasteiger partial charge in [-0.2, -0.15) is 0 Å². The number of nitrogens with one attached hydrogen (secondary N) is 1. The molecule has 0 saturated heterocycles. The Kier molecular flexibility index (Phi) is 6.65. The highest BCUT2D eigenvalue weighted by molar-refractivity contribution is 4.88. The second-order valence-corrected chi connectivity index (χ2v) is 6.25. The van der Waals surface area contributed by atoms with Crippen LogP contribution in [0, 0.1) is 5.41 Å². The van der Waals surface area contributed by atoms with Crippen LogP contribution in [0.1, 0.15) is 66.2 Å². The summed E-state index contributed by atoms with van der Waals surface area (Å²) in [6.45, 7) is 11.8. The fourth-order valence-corrected chi connectivity index (χ4v) is 3.00. The lowest BCUT2D eigenvalue weighted by molar-refractivity contribution is 0.117. The van der Waals surface area contributed by atoms with E-state index in [1.165, 1.54) is 51.6 Å². The summed E-state index contributed by atoms with van der Waals surface area (Å²) in [6, 6.07) is 1.59. The Morgan fingerprint density at radius 1 is 1.11 bits per heavy atom. The summed E-state index contributed by atoms with van der Waals surface area (Å²) < 4.78 is 0. The standard InChI is InChI=1S/C16H34N2/c1-6-15(7-2)18(5)13-16(8-3,9-4)12-17-14-10-11-14/h14-15,17H,6-13H2,1-5H3. The molecule has 0 aromatic rings. The highest BCUT2D eigenvalue weighted by atomic mass is 15.1. The minimum absolute atomic E-state index is 0.472. The van der Waals surface area contributed by atoms with Crippen molar-refractivity contribution >= 4 is 0 Å². The van der Waals surface area contributed by atoms with Crippen LogP contribution >= 0.6 is 0 Å². The molecule has 2 nitrogen and oxygen atoms in total. The highest BCUT2D eigenvalue weighted by Gasteiger charge is 2.31. The molecule has 2 heteroatoms. The molecule has 1 saturated carbocycles. The van der Waals surface area contributed by atoms with Crippen LogP contribution in [-0.4, -0.2) is 37.1 Å². The molecule has 0 aliphatic heterocycles. The SMILES string of the molecule is CCC(CC)N(C)CC(CC)(CC)CNC1CC1. The smallest absolute Gasteiger partial charge is 0.00872 e. The molecule has 1 N–H and O–H groups in total. The molecule has 0 heterocycles. The third-order valence-corrected chi connectivity index (χ3v) is 4.99. The van der Waals surface area contributed by atoms with E-state index in [1.807, 2.05) is 0 Å². The monoisotopic (exact) mass is 254 g/mol. The van der Waals surface area contributed by atoms with E-state index in [9.17, 15) is 0 Å². The van der Waals surface area contributed by atoms with Gasteiger partial charge in [0, 0.05) is 25.2 Å². The molecule has 0 radical (unpaired) electrons. The van der Waals surface area contributed by atoms with Crippen LogP contribution < -0.4 is 5.32 Å². The summed E-state index contributed by atoms with van der Waals surface area (Å²) in [5.41, 5.74) is 0.472. The summed E-state index contributed by atoms with van der Waals surface area (Å²) >= 11 is 0. The second-order valence-electron chi connectivity index (χ2n) is 6.25. The van der Waals surface area contributed by atoms with Crippen LogP contribution in [0.4, 0.5) is 0 Å². The van der Waals surface area contributed by atoms with E-state index in [1.54, 1.807) is 0 Å². The molecule has 0 amide bonds. The highest BCUT2D eigenvalue weighted by Crippen LogP contribution is 2.30. The predicted molar refractivity (Wildman–Crippen MR) is 81.0 cm³/mol. The van der Waals surface area contributed by atoms with Gasteiger partial charge in [0.05, 0.1) is 0 Å². The number of nitrogens with zero attached hydrogens (tertiary/aromatic N) is 1. The van der Waals surface area contributed by atoms with Crippen molar-refractivity contribution in [1.29, 1.82) is 0 Å². The van der Waals surface area contributed by atoms with Crippen LogP contribution in [-0.2, 0) is 0 Å². The Labute approximate surface area is 115 Å². The fraction of sp³-hybridized carbons (Fsp3) is 1.00. The molecule has 1 aliphatic carbocycles. The largest absolute Gasteiger partial charge is 0.313 e. The van der Waals surface area contributed by atoms with Crippen molar-refractivity contribution in [2.45, 2.75) is 78.3 Å². The van der Waals surface area contributed by atoms with E-state index in [2.05, 4.69) is 45.0 Å². The zero-order chi connectivity index (χ0) is 13.6. The summed E-state index contributed by atoms with van der Waals surface area (Å²) in [5, 5.41) is 3.75. The molecule has 0 aromatic carbocycles. The molecule has 1 fully saturated rings. The van der Waals surface area contributed by atoms with Gasteiger partial charge in [-0.05, 0) is 51.0 Å². The van der Waals surface area contributed by atoms with E-state index in [-0.39, 0.29) is 0 Å². The van der Waals surface area contributed by atoms with E-state index < -0.39 is 0 Å². The molecule has 108 valence electrons. The Hall–Kier alpha value is -0.0800. The Bertz CT molecular complexity index is 215. The maximum atomic E-state index is 3.75. The van der Waals surface area contributed by atoms with Crippen molar-refractivity contribution in [3.63, 3.8) is 0 Å². The van der Waals surface area contributed by atoms with Crippen LogP contribution in [0.15, 0.2) is 0 Å². The third kappa shape index (κ3) is 4.55. The van der Waals surface area contributed by atoms with Crippen molar-refractivity contribution < 1.29 is 0 Å². The number of hydrogen-bond donors (Lipinski definition) is 1. The molecule has 0 spiro atoms. The lowest BCUT2D eigenvalue weighted by Crippen LogP contribution is -2.45. The summed E-state index contributed by atoms with van der Waals surface area (Å²) in [7, 11) is 2.31. The first-order valence-electron chi connectivity index (χ1n) is 8.04. The van der Waals surface area contributed by atoms with Gasteiger partial charge in [0.1, 0.15) is 0 Å². The van der Waals surface area contributed by atoms with Gasteiger partial charge in [-0.1, -0.05) is 27.7 Å². The fourth-order valence-electron chi connectivity index (χ4n) is 3.00. The molecule has 1 rings (SSSR count). The summed E-state index contributed by atoms with van der Waals surface area (Å²) in [6.07, 6.45) is 7.90. The van der Waals surface area contributed by atoms with Crippen molar-refractivity contribution in [3.8, 4) is 0 Å². The van der Waals surface area contributed by atoms with Crippen molar-refractivity contribution in [2.75, 3.05) is 20.1 Å². The summed E-state index contributed by atoms with van der Waals surface area (Å²) in [4.78, 5) is 2.60. The minimum Gasteiger partial charge on any atom is -0.313 e.